The molecule has 0 aliphatic carbocycles. The molecule has 0 fully saturated rings. The van der Waals surface area contributed by atoms with Crippen LogP contribution in [0.4, 0.5) is 5.69 Å². The van der Waals surface area contributed by atoms with Crippen LogP contribution >= 0.6 is 11.6 Å². The van der Waals surface area contributed by atoms with Crippen molar-refractivity contribution in [1.82, 2.24) is 9.55 Å². The first-order valence-corrected chi connectivity index (χ1v) is 7.44. The molecular formula is C17H18ClN3. The highest BCUT2D eigenvalue weighted by Gasteiger charge is 2.15. The molecule has 0 unspecified atom stereocenters. The average molecular weight is 300 g/mol. The highest BCUT2D eigenvalue weighted by molar-refractivity contribution is 6.30. The van der Waals surface area contributed by atoms with Gasteiger partial charge in [-0.25, -0.2) is 4.98 Å². The van der Waals surface area contributed by atoms with Crippen molar-refractivity contribution in [2.45, 2.75) is 20.4 Å². The van der Waals surface area contributed by atoms with E-state index in [2.05, 4.69) is 24.5 Å². The molecule has 0 aliphatic rings. The number of aromatic nitrogens is 2. The highest BCUT2D eigenvalue weighted by atomic mass is 35.5. The molecule has 0 saturated heterocycles. The van der Waals surface area contributed by atoms with Gasteiger partial charge in [-0.05, 0) is 30.2 Å². The molecule has 0 bridgehead atoms. The van der Waals surface area contributed by atoms with Gasteiger partial charge in [0.2, 0.25) is 0 Å². The summed E-state index contributed by atoms with van der Waals surface area (Å²) >= 11 is 6.12. The maximum Gasteiger partial charge on any atom is 0.141 e. The van der Waals surface area contributed by atoms with Gasteiger partial charge < -0.3 is 10.3 Å². The largest absolute Gasteiger partial charge is 0.397 e. The van der Waals surface area contributed by atoms with Crippen molar-refractivity contribution < 1.29 is 0 Å². The molecular weight excluding hydrogens is 282 g/mol. The summed E-state index contributed by atoms with van der Waals surface area (Å²) in [5.74, 6) is 1.43. The van der Waals surface area contributed by atoms with Crippen LogP contribution in [-0.4, -0.2) is 9.55 Å². The minimum atomic E-state index is 0.516. The number of rotatable bonds is 3. The van der Waals surface area contributed by atoms with Crippen LogP contribution in [0.1, 0.15) is 13.8 Å². The third kappa shape index (κ3) is 2.61. The number of hydrogen-bond donors (Lipinski definition) is 1. The van der Waals surface area contributed by atoms with E-state index in [9.17, 15) is 0 Å². The lowest BCUT2D eigenvalue weighted by atomic mass is 10.2. The molecule has 0 radical (unpaired) electrons. The van der Waals surface area contributed by atoms with Gasteiger partial charge in [-0.3, -0.25) is 0 Å². The van der Waals surface area contributed by atoms with Crippen LogP contribution in [0.15, 0.2) is 42.5 Å². The van der Waals surface area contributed by atoms with Crippen molar-refractivity contribution >= 4 is 28.3 Å². The summed E-state index contributed by atoms with van der Waals surface area (Å²) in [5, 5.41) is 0.712. The van der Waals surface area contributed by atoms with Crippen molar-refractivity contribution in [1.29, 1.82) is 0 Å². The molecule has 0 saturated carbocycles. The zero-order chi connectivity index (χ0) is 15.0. The lowest BCUT2D eigenvalue weighted by Crippen LogP contribution is -2.06. The smallest absolute Gasteiger partial charge is 0.141 e. The van der Waals surface area contributed by atoms with Gasteiger partial charge in [-0.2, -0.15) is 0 Å². The van der Waals surface area contributed by atoms with Crippen molar-refractivity contribution in [3.63, 3.8) is 0 Å². The molecule has 0 spiro atoms. The first-order chi connectivity index (χ1) is 10.1. The summed E-state index contributed by atoms with van der Waals surface area (Å²) in [4.78, 5) is 4.76. The molecule has 1 aromatic heterocycles. The van der Waals surface area contributed by atoms with Gasteiger partial charge in [0.05, 0.1) is 11.2 Å². The fourth-order valence-corrected chi connectivity index (χ4v) is 2.76. The lowest BCUT2D eigenvalue weighted by Gasteiger charge is -2.12. The molecule has 2 aromatic carbocycles. The molecule has 3 aromatic rings. The molecule has 3 nitrogen and oxygen atoms in total. The second kappa shape index (κ2) is 5.41. The summed E-state index contributed by atoms with van der Waals surface area (Å²) < 4.78 is 2.22. The van der Waals surface area contributed by atoms with E-state index in [-0.39, 0.29) is 0 Å². The van der Waals surface area contributed by atoms with E-state index >= 15 is 0 Å². The van der Waals surface area contributed by atoms with Gasteiger partial charge in [-0.1, -0.05) is 43.6 Å². The number of para-hydroxylation sites is 1. The lowest BCUT2D eigenvalue weighted by molar-refractivity contribution is 0.536. The standard InChI is InChI=1S/C17H18ClN3/c1-11(2)10-21-15-8-4-7-14(19)16(15)20-17(21)12-5-3-6-13(18)9-12/h3-9,11H,10,19H2,1-2H3. The van der Waals surface area contributed by atoms with Crippen LogP contribution < -0.4 is 5.73 Å². The van der Waals surface area contributed by atoms with E-state index < -0.39 is 0 Å². The number of benzene rings is 2. The van der Waals surface area contributed by atoms with E-state index in [1.54, 1.807) is 0 Å². The predicted molar refractivity (Wildman–Crippen MR) is 89.4 cm³/mol. The SMILES string of the molecule is CC(C)Cn1c(-c2cccc(Cl)c2)nc2c(N)cccc21. The number of anilines is 1. The summed E-state index contributed by atoms with van der Waals surface area (Å²) in [6, 6.07) is 13.7. The Morgan fingerprint density at radius 3 is 2.67 bits per heavy atom. The van der Waals surface area contributed by atoms with Crippen molar-refractivity contribution in [3.05, 3.63) is 47.5 Å². The Balaban J connectivity index is 2.28. The van der Waals surface area contributed by atoms with Crippen molar-refractivity contribution in [3.8, 4) is 11.4 Å². The van der Waals surface area contributed by atoms with E-state index in [1.807, 2.05) is 36.4 Å². The minimum Gasteiger partial charge on any atom is -0.397 e. The summed E-state index contributed by atoms with van der Waals surface area (Å²) in [5.41, 5.74) is 9.72. The number of fused-ring (bicyclic) bond motifs is 1. The maximum atomic E-state index is 6.12. The molecule has 4 heteroatoms. The number of imidazole rings is 1. The van der Waals surface area contributed by atoms with Crippen LogP contribution in [0.3, 0.4) is 0 Å². The molecule has 0 amide bonds. The Kier molecular flexibility index (Phi) is 3.60. The van der Waals surface area contributed by atoms with E-state index in [0.717, 1.165) is 29.0 Å². The Labute approximate surface area is 129 Å². The molecule has 108 valence electrons. The number of nitrogen functional groups attached to an aromatic ring is 1. The van der Waals surface area contributed by atoms with E-state index in [1.165, 1.54) is 0 Å². The van der Waals surface area contributed by atoms with Gasteiger partial charge in [0.15, 0.2) is 0 Å². The summed E-state index contributed by atoms with van der Waals surface area (Å²) in [7, 11) is 0. The summed E-state index contributed by atoms with van der Waals surface area (Å²) in [6.07, 6.45) is 0. The minimum absolute atomic E-state index is 0.516. The molecule has 0 aliphatic heterocycles. The van der Waals surface area contributed by atoms with Crippen LogP contribution in [-0.2, 0) is 6.54 Å². The topological polar surface area (TPSA) is 43.8 Å². The monoisotopic (exact) mass is 299 g/mol. The van der Waals surface area contributed by atoms with Gasteiger partial charge in [0, 0.05) is 17.1 Å². The zero-order valence-corrected chi connectivity index (χ0v) is 12.9. The van der Waals surface area contributed by atoms with Crippen molar-refractivity contribution in [2.24, 2.45) is 5.92 Å². The third-order valence-corrected chi connectivity index (χ3v) is 3.68. The average Bonchev–Trinajstić information content (AvgIpc) is 2.79. The molecule has 2 N–H and O–H groups in total. The van der Waals surface area contributed by atoms with Gasteiger partial charge in [0.1, 0.15) is 11.3 Å². The molecule has 1 heterocycles. The van der Waals surface area contributed by atoms with Crippen molar-refractivity contribution in [2.75, 3.05) is 5.73 Å². The van der Waals surface area contributed by atoms with Crippen LogP contribution in [0.25, 0.3) is 22.4 Å². The highest BCUT2D eigenvalue weighted by Crippen LogP contribution is 2.29. The number of hydrogen-bond acceptors (Lipinski definition) is 2. The second-order valence-corrected chi connectivity index (χ2v) is 6.10. The number of nitrogens with two attached hydrogens (primary N) is 1. The Hall–Kier alpha value is -2.00. The summed E-state index contributed by atoms with van der Waals surface area (Å²) in [6.45, 7) is 5.28. The third-order valence-electron chi connectivity index (χ3n) is 3.44. The fraction of sp³-hybridized carbons (Fsp3) is 0.235. The second-order valence-electron chi connectivity index (χ2n) is 5.67. The Bertz CT molecular complexity index is 790. The molecule has 0 atom stereocenters. The Morgan fingerprint density at radius 1 is 1.19 bits per heavy atom. The van der Waals surface area contributed by atoms with Gasteiger partial charge in [-0.15, -0.1) is 0 Å². The first kappa shape index (κ1) is 14.0. The van der Waals surface area contributed by atoms with E-state index in [0.29, 0.717) is 16.6 Å². The predicted octanol–water partition coefficient (Wildman–Crippen LogP) is 4.59. The number of halogens is 1. The van der Waals surface area contributed by atoms with Crippen LogP contribution in [0, 0.1) is 5.92 Å². The first-order valence-electron chi connectivity index (χ1n) is 7.07. The zero-order valence-electron chi connectivity index (χ0n) is 12.2. The maximum absolute atomic E-state index is 6.12. The van der Waals surface area contributed by atoms with Crippen LogP contribution in [0.5, 0.6) is 0 Å². The quantitative estimate of drug-likeness (QED) is 0.719. The van der Waals surface area contributed by atoms with Gasteiger partial charge >= 0.3 is 0 Å². The normalized spacial score (nSPS) is 11.4. The number of nitrogens with zero attached hydrogens (tertiary/aromatic N) is 2. The fourth-order valence-electron chi connectivity index (χ4n) is 2.57. The Morgan fingerprint density at radius 2 is 1.95 bits per heavy atom. The van der Waals surface area contributed by atoms with Gasteiger partial charge in [0.25, 0.3) is 0 Å². The molecule has 21 heavy (non-hydrogen) atoms. The van der Waals surface area contributed by atoms with Crippen LogP contribution in [0.2, 0.25) is 5.02 Å². The molecule has 3 rings (SSSR count). The van der Waals surface area contributed by atoms with E-state index in [4.69, 9.17) is 22.3 Å².